The number of rotatable bonds is 10. The van der Waals surface area contributed by atoms with Crippen LogP contribution in [0.2, 0.25) is 0 Å². The summed E-state index contributed by atoms with van der Waals surface area (Å²) in [4.78, 5) is 4.93. The summed E-state index contributed by atoms with van der Waals surface area (Å²) in [7, 11) is 3.38. The van der Waals surface area contributed by atoms with Gasteiger partial charge in [-0.25, -0.2) is 0 Å². The quantitative estimate of drug-likeness (QED) is 0.319. The van der Waals surface area contributed by atoms with Crippen molar-refractivity contribution in [3.8, 4) is 17.2 Å². The second-order valence-corrected chi connectivity index (χ2v) is 9.33. The lowest BCUT2D eigenvalue weighted by molar-refractivity contribution is 0.257. The molecule has 0 saturated heterocycles. The van der Waals surface area contributed by atoms with Gasteiger partial charge in [-0.05, 0) is 53.3 Å². The van der Waals surface area contributed by atoms with Crippen molar-refractivity contribution in [2.24, 2.45) is 16.8 Å². The highest BCUT2D eigenvalue weighted by atomic mass is 16.5. The van der Waals surface area contributed by atoms with Crippen molar-refractivity contribution in [3.05, 3.63) is 113 Å². The number of fused-ring (bicyclic) bond motifs is 1. The summed E-state index contributed by atoms with van der Waals surface area (Å²) in [6, 6.07) is 24.4. The number of ether oxygens (including phenoxy) is 4. The summed E-state index contributed by atoms with van der Waals surface area (Å²) >= 11 is 0. The molecule has 5 heteroatoms. The molecule has 5 nitrogen and oxygen atoms in total. The average Bonchev–Trinajstić information content (AvgIpc) is 2.95. The van der Waals surface area contributed by atoms with Gasteiger partial charge in [-0.2, -0.15) is 0 Å². The van der Waals surface area contributed by atoms with Crippen molar-refractivity contribution >= 4 is 5.71 Å². The topological polar surface area (TPSA) is 49.3 Å². The van der Waals surface area contributed by atoms with E-state index in [-0.39, 0.29) is 5.92 Å². The van der Waals surface area contributed by atoms with Gasteiger partial charge in [-0.15, -0.1) is 0 Å². The zero-order valence-corrected chi connectivity index (χ0v) is 21.4. The summed E-state index contributed by atoms with van der Waals surface area (Å²) in [5.41, 5.74) is 4.44. The molecule has 0 bridgehead atoms. The summed E-state index contributed by atoms with van der Waals surface area (Å²) in [6.45, 7) is 1.71. The van der Waals surface area contributed by atoms with Crippen LogP contribution in [0.3, 0.4) is 0 Å². The third-order valence-corrected chi connectivity index (χ3v) is 6.85. The number of benzene rings is 3. The van der Waals surface area contributed by atoms with Gasteiger partial charge in [0.15, 0.2) is 11.5 Å². The number of hydrogen-bond acceptors (Lipinski definition) is 5. The van der Waals surface area contributed by atoms with Crippen LogP contribution in [0.4, 0.5) is 0 Å². The van der Waals surface area contributed by atoms with Crippen LogP contribution in [-0.2, 0) is 24.4 Å². The lowest BCUT2D eigenvalue weighted by Crippen LogP contribution is -2.29. The Morgan fingerprint density at radius 3 is 1.97 bits per heavy atom. The molecule has 3 aromatic rings. The number of nitrogens with zero attached hydrogens (tertiary/aromatic N) is 1. The van der Waals surface area contributed by atoms with Crippen molar-refractivity contribution in [1.29, 1.82) is 0 Å². The highest BCUT2D eigenvalue weighted by Crippen LogP contribution is 2.40. The molecule has 2 aliphatic rings. The average molecular weight is 496 g/mol. The van der Waals surface area contributed by atoms with Gasteiger partial charge < -0.3 is 18.9 Å². The normalized spacial score (nSPS) is 18.3. The van der Waals surface area contributed by atoms with E-state index < -0.39 is 0 Å². The Balaban J connectivity index is 1.42. The molecule has 2 atom stereocenters. The SMILES string of the molecule is COC1=CC2CCN=C(Cc3cc(OCc4ccccc4)c(OC)c(OCc4ccccc4)c3)C2C=C1. The highest BCUT2D eigenvalue weighted by Gasteiger charge is 2.29. The van der Waals surface area contributed by atoms with Crippen LogP contribution in [0.15, 0.2) is 102 Å². The van der Waals surface area contributed by atoms with E-state index in [0.29, 0.717) is 36.4 Å². The first-order valence-corrected chi connectivity index (χ1v) is 12.7. The predicted octanol–water partition coefficient (Wildman–Crippen LogP) is 6.57. The smallest absolute Gasteiger partial charge is 0.203 e. The molecule has 3 aromatic carbocycles. The van der Waals surface area contributed by atoms with E-state index in [1.807, 2.05) is 36.4 Å². The van der Waals surface area contributed by atoms with Crippen LogP contribution in [0, 0.1) is 11.8 Å². The van der Waals surface area contributed by atoms with Crippen LogP contribution in [0.1, 0.15) is 23.1 Å². The predicted molar refractivity (Wildman–Crippen MR) is 146 cm³/mol. The van der Waals surface area contributed by atoms with Gasteiger partial charge in [0.25, 0.3) is 0 Å². The monoisotopic (exact) mass is 495 g/mol. The maximum atomic E-state index is 6.29. The molecular weight excluding hydrogens is 462 g/mol. The fourth-order valence-electron chi connectivity index (χ4n) is 4.93. The first-order chi connectivity index (χ1) is 18.2. The molecule has 0 saturated carbocycles. The number of methoxy groups -OCH3 is 2. The highest BCUT2D eigenvalue weighted by molar-refractivity contribution is 5.91. The summed E-state index contributed by atoms with van der Waals surface area (Å²) in [5, 5.41) is 0. The molecule has 1 heterocycles. The summed E-state index contributed by atoms with van der Waals surface area (Å²) in [5.74, 6) is 3.55. The number of allylic oxidation sites excluding steroid dienone is 3. The van der Waals surface area contributed by atoms with Crippen LogP contribution in [-0.4, -0.2) is 26.5 Å². The molecule has 5 rings (SSSR count). The minimum atomic E-state index is 0.275. The molecule has 190 valence electrons. The van der Waals surface area contributed by atoms with Gasteiger partial charge in [0.2, 0.25) is 5.75 Å². The van der Waals surface area contributed by atoms with Crippen molar-refractivity contribution in [3.63, 3.8) is 0 Å². The molecule has 0 fully saturated rings. The van der Waals surface area contributed by atoms with Crippen LogP contribution in [0.25, 0.3) is 0 Å². The molecular formula is C32H33NO4. The third kappa shape index (κ3) is 6.05. The van der Waals surface area contributed by atoms with E-state index in [2.05, 4.69) is 54.6 Å². The second kappa shape index (κ2) is 11.8. The van der Waals surface area contributed by atoms with Gasteiger partial charge in [0.1, 0.15) is 19.0 Å². The largest absolute Gasteiger partial charge is 0.497 e. The van der Waals surface area contributed by atoms with Gasteiger partial charge in [0, 0.05) is 24.6 Å². The molecule has 2 unspecified atom stereocenters. The van der Waals surface area contributed by atoms with E-state index in [1.165, 1.54) is 5.71 Å². The van der Waals surface area contributed by atoms with E-state index >= 15 is 0 Å². The first kappa shape index (κ1) is 24.7. The minimum Gasteiger partial charge on any atom is -0.497 e. The van der Waals surface area contributed by atoms with Crippen molar-refractivity contribution < 1.29 is 18.9 Å². The summed E-state index contributed by atoms with van der Waals surface area (Å²) < 4.78 is 23.8. The van der Waals surface area contributed by atoms with Crippen molar-refractivity contribution in [2.75, 3.05) is 20.8 Å². The molecule has 0 spiro atoms. The standard InChI is InChI=1S/C32H33NO4/c1-34-27-13-14-28-26(20-27)15-16-33-29(28)17-25-18-30(36-21-23-9-5-3-6-10-23)32(35-2)31(19-25)37-22-24-11-7-4-8-12-24/h3-14,18-20,26,28H,15-17,21-22H2,1-2H3. The van der Waals surface area contributed by atoms with E-state index in [0.717, 1.165) is 41.8 Å². The van der Waals surface area contributed by atoms with E-state index in [4.69, 9.17) is 23.9 Å². The van der Waals surface area contributed by atoms with Gasteiger partial charge in [-0.1, -0.05) is 66.7 Å². The molecule has 1 aliphatic carbocycles. The van der Waals surface area contributed by atoms with Crippen molar-refractivity contribution in [1.82, 2.24) is 0 Å². The lowest BCUT2D eigenvalue weighted by atomic mass is 9.78. The maximum absolute atomic E-state index is 6.29. The zero-order valence-electron chi connectivity index (χ0n) is 21.4. The fourth-order valence-corrected chi connectivity index (χ4v) is 4.93. The third-order valence-electron chi connectivity index (χ3n) is 6.85. The minimum absolute atomic E-state index is 0.275. The van der Waals surface area contributed by atoms with Gasteiger partial charge in [0.05, 0.1) is 14.2 Å². The molecule has 1 aliphatic heterocycles. The molecule has 0 amide bonds. The Morgan fingerprint density at radius 2 is 1.41 bits per heavy atom. The molecule has 0 N–H and O–H groups in total. The van der Waals surface area contributed by atoms with Gasteiger partial charge >= 0.3 is 0 Å². The number of hydrogen-bond donors (Lipinski definition) is 0. The molecule has 0 aromatic heterocycles. The Labute approximate surface area is 219 Å². The molecule has 37 heavy (non-hydrogen) atoms. The van der Waals surface area contributed by atoms with Crippen molar-refractivity contribution in [2.45, 2.75) is 26.1 Å². The van der Waals surface area contributed by atoms with Crippen LogP contribution < -0.4 is 14.2 Å². The Morgan fingerprint density at radius 1 is 0.784 bits per heavy atom. The van der Waals surface area contributed by atoms with E-state index in [9.17, 15) is 0 Å². The second-order valence-electron chi connectivity index (χ2n) is 9.33. The van der Waals surface area contributed by atoms with Crippen LogP contribution in [0.5, 0.6) is 17.2 Å². The Bertz CT molecular complexity index is 1220. The maximum Gasteiger partial charge on any atom is 0.203 e. The van der Waals surface area contributed by atoms with E-state index in [1.54, 1.807) is 14.2 Å². The first-order valence-electron chi connectivity index (χ1n) is 12.7. The summed E-state index contributed by atoms with van der Waals surface area (Å²) in [6.07, 6.45) is 8.26. The fraction of sp³-hybridized carbons (Fsp3) is 0.281. The molecule has 0 radical (unpaired) electrons. The van der Waals surface area contributed by atoms with Crippen LogP contribution >= 0.6 is 0 Å². The Hall–Kier alpha value is -3.99. The Kier molecular flexibility index (Phi) is 7.90. The van der Waals surface area contributed by atoms with Gasteiger partial charge in [-0.3, -0.25) is 4.99 Å². The number of aliphatic imine (C=N–C) groups is 1. The zero-order chi connectivity index (χ0) is 25.5. The lowest BCUT2D eigenvalue weighted by Gasteiger charge is -2.30.